The summed E-state index contributed by atoms with van der Waals surface area (Å²) in [5.41, 5.74) is 2.12. The van der Waals surface area contributed by atoms with Crippen LogP contribution in [0.2, 0.25) is 0 Å². The van der Waals surface area contributed by atoms with E-state index in [-0.39, 0.29) is 24.0 Å². The van der Waals surface area contributed by atoms with Gasteiger partial charge in [0.2, 0.25) is 17.6 Å². The van der Waals surface area contributed by atoms with Crippen molar-refractivity contribution in [2.75, 3.05) is 13.1 Å². The number of rotatable bonds is 9. The molecule has 0 fully saturated rings. The Bertz CT molecular complexity index is 930. The number of carbonyl (C=O) groups excluding carboxylic acids is 2. The number of carbonyl (C=O) groups is 2. The molecule has 8 nitrogen and oxygen atoms in total. The summed E-state index contributed by atoms with van der Waals surface area (Å²) in [4.78, 5) is 28.0. The fraction of sp³-hybridized carbons (Fsp3) is 0.333. The van der Waals surface area contributed by atoms with E-state index in [0.29, 0.717) is 37.1 Å². The third kappa shape index (κ3) is 5.78. The van der Waals surface area contributed by atoms with Crippen LogP contribution >= 0.6 is 0 Å². The predicted molar refractivity (Wildman–Crippen MR) is 106 cm³/mol. The van der Waals surface area contributed by atoms with Gasteiger partial charge in [-0.25, -0.2) is 0 Å². The SMILES string of the molecule is CC(C)c1ccc(-c2noc(CCC(=O)NCCNC(=O)c3ccco3)n2)cc1. The van der Waals surface area contributed by atoms with Crippen molar-refractivity contribution in [1.82, 2.24) is 20.8 Å². The molecule has 0 saturated carbocycles. The summed E-state index contributed by atoms with van der Waals surface area (Å²) in [5.74, 6) is 1.15. The Morgan fingerprint density at radius 3 is 2.52 bits per heavy atom. The van der Waals surface area contributed by atoms with Gasteiger partial charge >= 0.3 is 0 Å². The van der Waals surface area contributed by atoms with E-state index >= 15 is 0 Å². The van der Waals surface area contributed by atoms with Gasteiger partial charge in [-0.15, -0.1) is 0 Å². The Hall–Kier alpha value is -3.42. The van der Waals surface area contributed by atoms with Gasteiger partial charge in [-0.2, -0.15) is 4.98 Å². The second-order valence-corrected chi connectivity index (χ2v) is 6.87. The van der Waals surface area contributed by atoms with Gasteiger partial charge < -0.3 is 19.6 Å². The highest BCUT2D eigenvalue weighted by molar-refractivity contribution is 5.91. The summed E-state index contributed by atoms with van der Waals surface area (Å²) >= 11 is 0. The van der Waals surface area contributed by atoms with Crippen LogP contribution in [-0.2, 0) is 11.2 Å². The number of aromatic nitrogens is 2. The van der Waals surface area contributed by atoms with Gasteiger partial charge in [0.1, 0.15) is 0 Å². The van der Waals surface area contributed by atoms with Crippen LogP contribution in [-0.4, -0.2) is 35.0 Å². The fourth-order valence-electron chi connectivity index (χ4n) is 2.67. The van der Waals surface area contributed by atoms with Crippen LogP contribution < -0.4 is 10.6 Å². The van der Waals surface area contributed by atoms with E-state index in [4.69, 9.17) is 8.94 Å². The number of hydrogen-bond donors (Lipinski definition) is 2. The summed E-state index contributed by atoms with van der Waals surface area (Å²) in [6.07, 6.45) is 2.00. The van der Waals surface area contributed by atoms with Crippen molar-refractivity contribution in [1.29, 1.82) is 0 Å². The number of nitrogens with zero attached hydrogens (tertiary/aromatic N) is 2. The molecular weight excluding hydrogens is 372 g/mol. The maximum Gasteiger partial charge on any atom is 0.287 e. The Kier molecular flexibility index (Phi) is 6.78. The monoisotopic (exact) mass is 396 g/mol. The highest BCUT2D eigenvalue weighted by atomic mass is 16.5. The molecule has 2 heterocycles. The van der Waals surface area contributed by atoms with E-state index in [1.54, 1.807) is 12.1 Å². The Morgan fingerprint density at radius 2 is 1.83 bits per heavy atom. The van der Waals surface area contributed by atoms with E-state index in [1.165, 1.54) is 11.8 Å². The number of amides is 2. The standard InChI is InChI=1S/C21H24N4O4/c1-14(2)15-5-7-16(8-6-15)20-24-19(29-25-20)10-9-18(26)22-11-12-23-21(27)17-4-3-13-28-17/h3-8,13-14H,9-12H2,1-2H3,(H,22,26)(H,23,27). The molecule has 0 atom stereocenters. The van der Waals surface area contributed by atoms with Gasteiger partial charge in [0, 0.05) is 31.5 Å². The molecule has 3 aromatic rings. The molecule has 0 saturated heterocycles. The van der Waals surface area contributed by atoms with Crippen molar-refractivity contribution < 1.29 is 18.5 Å². The Balaban J connectivity index is 1.39. The van der Waals surface area contributed by atoms with E-state index in [9.17, 15) is 9.59 Å². The average molecular weight is 396 g/mol. The van der Waals surface area contributed by atoms with Crippen LogP contribution in [0.4, 0.5) is 0 Å². The molecule has 2 N–H and O–H groups in total. The van der Waals surface area contributed by atoms with Crippen molar-refractivity contribution in [3.63, 3.8) is 0 Å². The molecule has 0 aliphatic rings. The van der Waals surface area contributed by atoms with E-state index in [0.717, 1.165) is 5.56 Å². The van der Waals surface area contributed by atoms with E-state index < -0.39 is 0 Å². The highest BCUT2D eigenvalue weighted by Crippen LogP contribution is 2.20. The van der Waals surface area contributed by atoms with Gasteiger partial charge in [0.05, 0.1) is 6.26 Å². The van der Waals surface area contributed by atoms with Gasteiger partial charge in [-0.3, -0.25) is 9.59 Å². The second-order valence-electron chi connectivity index (χ2n) is 6.87. The first-order chi connectivity index (χ1) is 14.0. The maximum atomic E-state index is 11.9. The summed E-state index contributed by atoms with van der Waals surface area (Å²) in [7, 11) is 0. The zero-order valence-electron chi connectivity index (χ0n) is 16.5. The van der Waals surface area contributed by atoms with Crippen LogP contribution in [0, 0.1) is 0 Å². The van der Waals surface area contributed by atoms with Crippen LogP contribution in [0.3, 0.4) is 0 Å². The summed E-state index contributed by atoms with van der Waals surface area (Å²) in [5, 5.41) is 9.38. The number of benzene rings is 1. The third-order valence-corrected chi connectivity index (χ3v) is 4.35. The van der Waals surface area contributed by atoms with Crippen molar-refractivity contribution in [2.45, 2.75) is 32.6 Å². The third-order valence-electron chi connectivity index (χ3n) is 4.35. The molecule has 0 radical (unpaired) electrons. The minimum Gasteiger partial charge on any atom is -0.459 e. The largest absolute Gasteiger partial charge is 0.459 e. The van der Waals surface area contributed by atoms with E-state index in [1.807, 2.05) is 24.3 Å². The minimum atomic E-state index is -0.316. The smallest absolute Gasteiger partial charge is 0.287 e. The lowest BCUT2D eigenvalue weighted by Crippen LogP contribution is -2.34. The van der Waals surface area contributed by atoms with Crippen LogP contribution in [0.5, 0.6) is 0 Å². The van der Waals surface area contributed by atoms with Crippen LogP contribution in [0.1, 0.15) is 48.2 Å². The first-order valence-electron chi connectivity index (χ1n) is 9.54. The molecule has 2 amide bonds. The topological polar surface area (TPSA) is 110 Å². The number of furan rings is 1. The molecular formula is C21H24N4O4. The lowest BCUT2D eigenvalue weighted by molar-refractivity contribution is -0.121. The molecule has 0 aliphatic carbocycles. The van der Waals surface area contributed by atoms with Gasteiger partial charge in [-0.05, 0) is 23.6 Å². The zero-order chi connectivity index (χ0) is 20.6. The van der Waals surface area contributed by atoms with Crippen molar-refractivity contribution in [3.8, 4) is 11.4 Å². The maximum absolute atomic E-state index is 11.9. The molecule has 1 aromatic carbocycles. The summed E-state index contributed by atoms with van der Waals surface area (Å²) < 4.78 is 10.2. The first-order valence-corrected chi connectivity index (χ1v) is 9.54. The Morgan fingerprint density at radius 1 is 1.07 bits per heavy atom. The summed E-state index contributed by atoms with van der Waals surface area (Å²) in [6.45, 7) is 4.91. The fourth-order valence-corrected chi connectivity index (χ4v) is 2.67. The first kappa shape index (κ1) is 20.3. The average Bonchev–Trinajstić information content (AvgIpc) is 3.42. The van der Waals surface area contributed by atoms with Crippen LogP contribution in [0.25, 0.3) is 11.4 Å². The normalized spacial score (nSPS) is 10.9. The van der Waals surface area contributed by atoms with Gasteiger partial charge in [0.25, 0.3) is 5.91 Å². The number of hydrogen-bond acceptors (Lipinski definition) is 6. The molecule has 0 spiro atoms. The number of aryl methyl sites for hydroxylation is 1. The predicted octanol–water partition coefficient (Wildman–Crippen LogP) is 2.93. The lowest BCUT2D eigenvalue weighted by Gasteiger charge is -2.05. The van der Waals surface area contributed by atoms with Crippen LogP contribution in [0.15, 0.2) is 51.6 Å². The molecule has 8 heteroatoms. The second kappa shape index (κ2) is 9.68. The molecule has 2 aromatic heterocycles. The van der Waals surface area contributed by atoms with Crippen molar-refractivity contribution in [2.24, 2.45) is 0 Å². The minimum absolute atomic E-state index is 0.154. The summed E-state index contributed by atoms with van der Waals surface area (Å²) in [6, 6.07) is 11.2. The number of nitrogens with one attached hydrogen (secondary N) is 2. The molecule has 0 bridgehead atoms. The van der Waals surface area contributed by atoms with E-state index in [2.05, 4.69) is 34.6 Å². The quantitative estimate of drug-likeness (QED) is 0.538. The Labute approximate surface area is 168 Å². The molecule has 3 rings (SSSR count). The van der Waals surface area contributed by atoms with Gasteiger partial charge in [-0.1, -0.05) is 43.3 Å². The zero-order valence-corrected chi connectivity index (χ0v) is 16.5. The molecule has 0 aliphatic heterocycles. The lowest BCUT2D eigenvalue weighted by atomic mass is 10.0. The molecule has 152 valence electrons. The molecule has 29 heavy (non-hydrogen) atoms. The van der Waals surface area contributed by atoms with Crippen molar-refractivity contribution in [3.05, 3.63) is 59.9 Å². The molecule has 0 unspecified atom stereocenters. The highest BCUT2D eigenvalue weighted by Gasteiger charge is 2.12. The van der Waals surface area contributed by atoms with Crippen molar-refractivity contribution >= 4 is 11.8 Å². The van der Waals surface area contributed by atoms with Gasteiger partial charge in [0.15, 0.2) is 5.76 Å².